The van der Waals surface area contributed by atoms with Gasteiger partial charge in [-0.15, -0.1) is 0 Å². The topological polar surface area (TPSA) is 9.23 Å². The van der Waals surface area contributed by atoms with E-state index in [9.17, 15) is 4.39 Å². The van der Waals surface area contributed by atoms with E-state index in [1.807, 2.05) is 0 Å². The summed E-state index contributed by atoms with van der Waals surface area (Å²) in [6.45, 7) is 2.93. The summed E-state index contributed by atoms with van der Waals surface area (Å²) in [6, 6.07) is 4.84. The SMILES string of the molecule is CCC1OCCC1C(Br)Cc1c(F)cccc1Cl. The molecular weight excluding hydrogens is 319 g/mol. The van der Waals surface area contributed by atoms with Crippen LogP contribution < -0.4 is 0 Å². The molecule has 0 saturated carbocycles. The zero-order chi connectivity index (χ0) is 13.1. The molecule has 1 heterocycles. The molecule has 1 nitrogen and oxygen atoms in total. The van der Waals surface area contributed by atoms with Crippen LogP contribution >= 0.6 is 27.5 Å². The van der Waals surface area contributed by atoms with Crippen LogP contribution in [0.15, 0.2) is 18.2 Å². The predicted molar refractivity (Wildman–Crippen MR) is 76.0 cm³/mol. The van der Waals surface area contributed by atoms with E-state index in [1.165, 1.54) is 6.07 Å². The van der Waals surface area contributed by atoms with Crippen molar-refractivity contribution >= 4 is 27.5 Å². The number of alkyl halides is 1. The average molecular weight is 336 g/mol. The van der Waals surface area contributed by atoms with Crippen molar-refractivity contribution in [2.45, 2.75) is 37.1 Å². The van der Waals surface area contributed by atoms with Gasteiger partial charge in [0.15, 0.2) is 0 Å². The van der Waals surface area contributed by atoms with Crippen molar-refractivity contribution in [1.82, 2.24) is 0 Å². The van der Waals surface area contributed by atoms with Gasteiger partial charge in [0.1, 0.15) is 5.82 Å². The van der Waals surface area contributed by atoms with Crippen LogP contribution in [0.2, 0.25) is 5.02 Å². The molecule has 0 aliphatic carbocycles. The molecule has 1 saturated heterocycles. The quantitative estimate of drug-likeness (QED) is 0.731. The van der Waals surface area contributed by atoms with E-state index >= 15 is 0 Å². The Balaban J connectivity index is 2.09. The number of halogens is 3. The summed E-state index contributed by atoms with van der Waals surface area (Å²) < 4.78 is 19.4. The summed E-state index contributed by atoms with van der Waals surface area (Å²) in [6.07, 6.45) is 2.91. The zero-order valence-corrected chi connectivity index (χ0v) is 12.7. The van der Waals surface area contributed by atoms with E-state index in [0.717, 1.165) is 19.4 Å². The van der Waals surface area contributed by atoms with E-state index in [4.69, 9.17) is 16.3 Å². The van der Waals surface area contributed by atoms with Crippen LogP contribution in [-0.4, -0.2) is 17.5 Å². The maximum absolute atomic E-state index is 13.7. The van der Waals surface area contributed by atoms with Gasteiger partial charge < -0.3 is 4.74 Å². The van der Waals surface area contributed by atoms with Crippen molar-refractivity contribution in [2.75, 3.05) is 6.61 Å². The molecule has 1 aromatic rings. The van der Waals surface area contributed by atoms with E-state index in [0.29, 0.717) is 22.9 Å². The van der Waals surface area contributed by atoms with Crippen LogP contribution in [0.3, 0.4) is 0 Å². The molecular formula is C14H17BrClFO. The molecule has 3 unspecified atom stereocenters. The maximum atomic E-state index is 13.7. The first-order valence-corrected chi connectivity index (χ1v) is 7.61. The van der Waals surface area contributed by atoms with Gasteiger partial charge in [0, 0.05) is 27.9 Å². The van der Waals surface area contributed by atoms with Crippen molar-refractivity contribution in [1.29, 1.82) is 0 Å². The highest BCUT2D eigenvalue weighted by Crippen LogP contribution is 2.34. The number of rotatable bonds is 4. The second-order valence-corrected chi connectivity index (χ2v) is 6.27. The fourth-order valence-electron chi connectivity index (χ4n) is 2.57. The predicted octanol–water partition coefficient (Wildman–Crippen LogP) is 4.60. The van der Waals surface area contributed by atoms with Crippen LogP contribution in [0.1, 0.15) is 25.3 Å². The molecule has 1 aliphatic rings. The summed E-state index contributed by atoms with van der Waals surface area (Å²) in [4.78, 5) is 0.208. The van der Waals surface area contributed by atoms with E-state index in [-0.39, 0.29) is 16.7 Å². The third-order valence-electron chi connectivity index (χ3n) is 3.59. The van der Waals surface area contributed by atoms with Gasteiger partial charge in [-0.1, -0.05) is 40.5 Å². The normalized spacial score (nSPS) is 25.3. The van der Waals surface area contributed by atoms with Crippen molar-refractivity contribution in [3.63, 3.8) is 0 Å². The van der Waals surface area contributed by atoms with Crippen LogP contribution in [0, 0.1) is 11.7 Å². The van der Waals surface area contributed by atoms with Gasteiger partial charge >= 0.3 is 0 Å². The number of hydrogen-bond donors (Lipinski definition) is 0. The molecule has 0 N–H and O–H groups in total. The Labute approximate surface area is 121 Å². The molecule has 0 aromatic heterocycles. The van der Waals surface area contributed by atoms with Crippen molar-refractivity contribution in [3.05, 3.63) is 34.6 Å². The lowest BCUT2D eigenvalue weighted by Crippen LogP contribution is -2.25. The van der Waals surface area contributed by atoms with Gasteiger partial charge in [-0.05, 0) is 31.4 Å². The minimum Gasteiger partial charge on any atom is -0.378 e. The molecule has 0 bridgehead atoms. The molecule has 1 aliphatic heterocycles. The lowest BCUT2D eigenvalue weighted by Gasteiger charge is -2.23. The Bertz CT molecular complexity index is 393. The molecule has 2 rings (SSSR count). The first kappa shape index (κ1) is 14.3. The summed E-state index contributed by atoms with van der Waals surface area (Å²) in [7, 11) is 0. The number of ether oxygens (including phenoxy) is 1. The molecule has 0 spiro atoms. The molecule has 4 heteroatoms. The lowest BCUT2D eigenvalue weighted by molar-refractivity contribution is 0.0872. The van der Waals surface area contributed by atoms with Crippen molar-refractivity contribution in [3.8, 4) is 0 Å². The fraction of sp³-hybridized carbons (Fsp3) is 0.571. The van der Waals surface area contributed by atoms with Crippen LogP contribution in [-0.2, 0) is 11.2 Å². The summed E-state index contributed by atoms with van der Waals surface area (Å²) >= 11 is 9.74. The second kappa shape index (κ2) is 6.36. The Hall–Kier alpha value is -0.120. The fourth-order valence-corrected chi connectivity index (χ4v) is 3.74. The first-order valence-electron chi connectivity index (χ1n) is 6.32. The highest BCUT2D eigenvalue weighted by molar-refractivity contribution is 9.09. The highest BCUT2D eigenvalue weighted by Gasteiger charge is 2.32. The minimum absolute atomic E-state index is 0.208. The van der Waals surface area contributed by atoms with Gasteiger partial charge in [0.2, 0.25) is 0 Å². The monoisotopic (exact) mass is 334 g/mol. The molecule has 100 valence electrons. The lowest BCUT2D eigenvalue weighted by atomic mass is 9.92. The van der Waals surface area contributed by atoms with Crippen LogP contribution in [0.25, 0.3) is 0 Å². The Morgan fingerprint density at radius 2 is 2.33 bits per heavy atom. The average Bonchev–Trinajstić information content (AvgIpc) is 2.82. The number of benzene rings is 1. The van der Waals surface area contributed by atoms with Gasteiger partial charge in [0.25, 0.3) is 0 Å². The Morgan fingerprint density at radius 3 is 3.00 bits per heavy atom. The molecule has 0 radical (unpaired) electrons. The van der Waals surface area contributed by atoms with Gasteiger partial charge in [-0.3, -0.25) is 0 Å². The summed E-state index contributed by atoms with van der Waals surface area (Å²) in [5.41, 5.74) is 0.600. The molecule has 0 amide bonds. The van der Waals surface area contributed by atoms with Crippen LogP contribution in [0.5, 0.6) is 0 Å². The summed E-state index contributed by atoms with van der Waals surface area (Å²) in [5, 5.41) is 0.506. The van der Waals surface area contributed by atoms with Gasteiger partial charge in [-0.2, -0.15) is 0 Å². The smallest absolute Gasteiger partial charge is 0.127 e. The van der Waals surface area contributed by atoms with Crippen molar-refractivity contribution in [2.24, 2.45) is 5.92 Å². The molecule has 1 aromatic carbocycles. The zero-order valence-electron chi connectivity index (χ0n) is 10.3. The Kier molecular flexibility index (Phi) is 5.05. The Morgan fingerprint density at radius 1 is 1.56 bits per heavy atom. The van der Waals surface area contributed by atoms with E-state index in [2.05, 4.69) is 22.9 Å². The van der Waals surface area contributed by atoms with Crippen molar-refractivity contribution < 1.29 is 9.13 Å². The standard InChI is InChI=1S/C14H17BrClFO/c1-2-14-9(6-7-18-14)11(15)8-10-12(16)4-3-5-13(10)17/h3-5,9,11,14H,2,6-8H2,1H3. The first-order chi connectivity index (χ1) is 8.63. The molecule has 1 fully saturated rings. The van der Waals surface area contributed by atoms with Gasteiger partial charge in [-0.25, -0.2) is 4.39 Å². The number of hydrogen-bond acceptors (Lipinski definition) is 1. The molecule has 3 atom stereocenters. The highest BCUT2D eigenvalue weighted by atomic mass is 79.9. The third kappa shape index (κ3) is 3.06. The molecule has 18 heavy (non-hydrogen) atoms. The minimum atomic E-state index is -0.223. The van der Waals surface area contributed by atoms with E-state index < -0.39 is 0 Å². The third-order valence-corrected chi connectivity index (χ3v) is 4.95. The summed E-state index contributed by atoms with van der Waals surface area (Å²) in [5.74, 6) is 0.213. The van der Waals surface area contributed by atoms with Gasteiger partial charge in [0.05, 0.1) is 6.10 Å². The van der Waals surface area contributed by atoms with E-state index in [1.54, 1.807) is 12.1 Å². The maximum Gasteiger partial charge on any atom is 0.127 e. The van der Waals surface area contributed by atoms with Crippen LogP contribution in [0.4, 0.5) is 4.39 Å². The largest absolute Gasteiger partial charge is 0.378 e. The second-order valence-electron chi connectivity index (χ2n) is 4.69.